The van der Waals surface area contributed by atoms with E-state index in [2.05, 4.69) is 15.1 Å². The number of nitrogens with zero attached hydrogens (tertiary/aromatic N) is 4. The highest BCUT2D eigenvalue weighted by Gasteiger charge is 2.15. The summed E-state index contributed by atoms with van der Waals surface area (Å²) in [6, 6.07) is 0. The van der Waals surface area contributed by atoms with E-state index in [0.717, 1.165) is 5.69 Å². The standard InChI is InChI=1S/C11H12N4O3/c1-7-3-13-10(5-12-7)18-6-9-8(11(16)17)4-14-15(9)2/h3-5H,6H2,1-2H3,(H,16,17). The molecular weight excluding hydrogens is 236 g/mol. The maximum atomic E-state index is 11.0. The number of carboxylic acids is 1. The minimum absolute atomic E-state index is 0.0792. The van der Waals surface area contributed by atoms with Crippen LogP contribution in [0, 0.1) is 6.92 Å². The van der Waals surface area contributed by atoms with E-state index in [1.807, 2.05) is 6.92 Å². The number of aromatic nitrogens is 4. The predicted octanol–water partition coefficient (Wildman–Crippen LogP) is 0.796. The van der Waals surface area contributed by atoms with Crippen molar-refractivity contribution in [3.8, 4) is 5.88 Å². The first-order valence-corrected chi connectivity index (χ1v) is 5.23. The number of aromatic carboxylic acids is 1. The van der Waals surface area contributed by atoms with Gasteiger partial charge in [0.1, 0.15) is 12.2 Å². The summed E-state index contributed by atoms with van der Waals surface area (Å²) in [5, 5.41) is 12.9. The molecule has 2 heterocycles. The third-order valence-electron chi connectivity index (χ3n) is 2.41. The summed E-state index contributed by atoms with van der Waals surface area (Å²) < 4.78 is 6.84. The fraction of sp³-hybridized carbons (Fsp3) is 0.273. The number of carbonyl (C=O) groups is 1. The monoisotopic (exact) mass is 248 g/mol. The van der Waals surface area contributed by atoms with Gasteiger partial charge in [0.2, 0.25) is 5.88 Å². The van der Waals surface area contributed by atoms with Crippen molar-refractivity contribution in [1.82, 2.24) is 19.7 Å². The maximum Gasteiger partial charge on any atom is 0.339 e. The lowest BCUT2D eigenvalue weighted by Crippen LogP contribution is -2.09. The molecular formula is C11H12N4O3. The maximum absolute atomic E-state index is 11.0. The summed E-state index contributed by atoms with van der Waals surface area (Å²) in [6.45, 7) is 1.90. The smallest absolute Gasteiger partial charge is 0.339 e. The van der Waals surface area contributed by atoms with Gasteiger partial charge in [0.15, 0.2) is 0 Å². The van der Waals surface area contributed by atoms with Gasteiger partial charge in [0.05, 0.1) is 30.0 Å². The molecule has 2 aromatic rings. The van der Waals surface area contributed by atoms with E-state index < -0.39 is 5.97 Å². The van der Waals surface area contributed by atoms with Gasteiger partial charge >= 0.3 is 5.97 Å². The number of carboxylic acid groups (broad SMARTS) is 1. The van der Waals surface area contributed by atoms with Crippen molar-refractivity contribution in [1.29, 1.82) is 0 Å². The van der Waals surface area contributed by atoms with Gasteiger partial charge in [0, 0.05) is 7.05 Å². The molecule has 94 valence electrons. The summed E-state index contributed by atoms with van der Waals surface area (Å²) in [6.07, 6.45) is 4.37. The van der Waals surface area contributed by atoms with Crippen LogP contribution in [0.4, 0.5) is 0 Å². The largest absolute Gasteiger partial charge is 0.478 e. The van der Waals surface area contributed by atoms with E-state index in [-0.39, 0.29) is 12.2 Å². The molecule has 1 N–H and O–H groups in total. The van der Waals surface area contributed by atoms with Crippen molar-refractivity contribution < 1.29 is 14.6 Å². The molecule has 0 spiro atoms. The van der Waals surface area contributed by atoms with Gasteiger partial charge in [-0.3, -0.25) is 9.67 Å². The van der Waals surface area contributed by atoms with Gasteiger partial charge in [-0.1, -0.05) is 0 Å². The highest BCUT2D eigenvalue weighted by atomic mass is 16.5. The fourth-order valence-electron chi connectivity index (χ4n) is 1.41. The summed E-state index contributed by atoms with van der Waals surface area (Å²) in [5.74, 6) is -0.685. The Hall–Kier alpha value is -2.44. The molecule has 2 aromatic heterocycles. The molecule has 7 nitrogen and oxygen atoms in total. The molecule has 0 amide bonds. The Morgan fingerprint density at radius 1 is 1.39 bits per heavy atom. The van der Waals surface area contributed by atoms with E-state index in [1.165, 1.54) is 17.1 Å². The van der Waals surface area contributed by atoms with Crippen LogP contribution < -0.4 is 4.74 Å². The van der Waals surface area contributed by atoms with Crippen LogP contribution in [-0.4, -0.2) is 30.8 Å². The first kappa shape index (κ1) is 12.0. The van der Waals surface area contributed by atoms with Gasteiger partial charge in [-0.05, 0) is 6.92 Å². The molecule has 0 bridgehead atoms. The SMILES string of the molecule is Cc1cnc(OCc2c(C(=O)O)cnn2C)cn1. The minimum Gasteiger partial charge on any atom is -0.478 e. The number of rotatable bonds is 4. The third-order valence-corrected chi connectivity index (χ3v) is 2.41. The number of hydrogen-bond donors (Lipinski definition) is 1. The zero-order valence-electron chi connectivity index (χ0n) is 9.99. The molecule has 0 radical (unpaired) electrons. The normalized spacial score (nSPS) is 10.3. The van der Waals surface area contributed by atoms with Gasteiger partial charge in [0.25, 0.3) is 0 Å². The van der Waals surface area contributed by atoms with Crippen molar-refractivity contribution in [3.05, 3.63) is 35.5 Å². The summed E-state index contributed by atoms with van der Waals surface area (Å²) in [4.78, 5) is 19.0. The minimum atomic E-state index is -1.03. The van der Waals surface area contributed by atoms with Crippen LogP contribution in [0.5, 0.6) is 5.88 Å². The quantitative estimate of drug-likeness (QED) is 0.860. The molecule has 0 aliphatic rings. The molecule has 0 saturated heterocycles. The first-order valence-electron chi connectivity index (χ1n) is 5.23. The molecule has 2 rings (SSSR count). The van der Waals surface area contributed by atoms with Crippen molar-refractivity contribution in [3.63, 3.8) is 0 Å². The average molecular weight is 248 g/mol. The number of hydrogen-bond acceptors (Lipinski definition) is 5. The Morgan fingerprint density at radius 3 is 2.78 bits per heavy atom. The lowest BCUT2D eigenvalue weighted by Gasteiger charge is -2.06. The first-order chi connectivity index (χ1) is 8.58. The van der Waals surface area contributed by atoms with E-state index in [1.54, 1.807) is 13.2 Å². The predicted molar refractivity (Wildman–Crippen MR) is 61.3 cm³/mol. The van der Waals surface area contributed by atoms with E-state index in [9.17, 15) is 4.79 Å². The van der Waals surface area contributed by atoms with Crippen molar-refractivity contribution in [2.45, 2.75) is 13.5 Å². The number of aryl methyl sites for hydroxylation is 2. The topological polar surface area (TPSA) is 90.1 Å². The van der Waals surface area contributed by atoms with Crippen molar-refractivity contribution >= 4 is 5.97 Å². The second-order valence-electron chi connectivity index (χ2n) is 3.72. The Labute approximate surface area is 103 Å². The van der Waals surface area contributed by atoms with E-state index in [0.29, 0.717) is 11.6 Å². The van der Waals surface area contributed by atoms with Crippen molar-refractivity contribution in [2.24, 2.45) is 7.05 Å². The van der Waals surface area contributed by atoms with E-state index >= 15 is 0 Å². The summed E-state index contributed by atoms with van der Waals surface area (Å²) >= 11 is 0. The summed E-state index contributed by atoms with van der Waals surface area (Å²) in [5.41, 5.74) is 1.39. The lowest BCUT2D eigenvalue weighted by molar-refractivity contribution is 0.0693. The molecule has 0 aliphatic carbocycles. The second-order valence-corrected chi connectivity index (χ2v) is 3.72. The van der Waals surface area contributed by atoms with Crippen LogP contribution in [0.2, 0.25) is 0 Å². The zero-order chi connectivity index (χ0) is 13.1. The van der Waals surface area contributed by atoms with Crippen LogP contribution in [0.1, 0.15) is 21.7 Å². The van der Waals surface area contributed by atoms with Gasteiger partial charge in [-0.2, -0.15) is 5.10 Å². The van der Waals surface area contributed by atoms with Crippen LogP contribution in [0.3, 0.4) is 0 Å². The van der Waals surface area contributed by atoms with Crippen molar-refractivity contribution in [2.75, 3.05) is 0 Å². The summed E-state index contributed by atoms with van der Waals surface area (Å²) in [7, 11) is 1.66. The molecule has 0 atom stereocenters. The van der Waals surface area contributed by atoms with Gasteiger partial charge < -0.3 is 9.84 Å². The Balaban J connectivity index is 2.12. The molecule has 0 fully saturated rings. The van der Waals surface area contributed by atoms with E-state index in [4.69, 9.17) is 9.84 Å². The molecule has 0 aliphatic heterocycles. The van der Waals surface area contributed by atoms with Crippen LogP contribution in [0.25, 0.3) is 0 Å². The molecule has 0 unspecified atom stereocenters. The number of ether oxygens (including phenoxy) is 1. The van der Waals surface area contributed by atoms with Crippen LogP contribution >= 0.6 is 0 Å². The molecule has 18 heavy (non-hydrogen) atoms. The second kappa shape index (κ2) is 4.82. The molecule has 7 heteroatoms. The fourth-order valence-corrected chi connectivity index (χ4v) is 1.41. The highest BCUT2D eigenvalue weighted by molar-refractivity contribution is 5.88. The molecule has 0 saturated carbocycles. The Bertz CT molecular complexity index is 562. The lowest BCUT2D eigenvalue weighted by atomic mass is 10.2. The van der Waals surface area contributed by atoms with Crippen LogP contribution in [-0.2, 0) is 13.7 Å². The Morgan fingerprint density at radius 2 is 2.17 bits per heavy atom. The third kappa shape index (κ3) is 2.45. The van der Waals surface area contributed by atoms with Gasteiger partial charge in [-0.15, -0.1) is 0 Å². The highest BCUT2D eigenvalue weighted by Crippen LogP contribution is 2.11. The zero-order valence-corrected chi connectivity index (χ0v) is 9.99. The van der Waals surface area contributed by atoms with Gasteiger partial charge in [-0.25, -0.2) is 9.78 Å². The Kier molecular flexibility index (Phi) is 3.22. The average Bonchev–Trinajstić information content (AvgIpc) is 2.70. The van der Waals surface area contributed by atoms with Crippen LogP contribution in [0.15, 0.2) is 18.6 Å². The molecule has 0 aromatic carbocycles.